The highest BCUT2D eigenvalue weighted by Gasteiger charge is 2.28. The second-order valence-electron chi connectivity index (χ2n) is 6.38. The molecule has 6 heteroatoms. The van der Waals surface area contributed by atoms with E-state index in [4.69, 9.17) is 39.5 Å². The average Bonchev–Trinajstić information content (AvgIpc) is 3.43. The van der Waals surface area contributed by atoms with E-state index in [1.807, 2.05) is 19.1 Å². The van der Waals surface area contributed by atoms with Crippen molar-refractivity contribution in [3.8, 4) is 22.8 Å². The van der Waals surface area contributed by atoms with Gasteiger partial charge in [-0.15, -0.1) is 10.2 Å². The first-order chi connectivity index (χ1) is 12.5. The summed E-state index contributed by atoms with van der Waals surface area (Å²) in [5.74, 6) is 1.75. The van der Waals surface area contributed by atoms with Gasteiger partial charge < -0.3 is 4.74 Å². The molecule has 0 aliphatic heterocycles. The molecule has 26 heavy (non-hydrogen) atoms. The van der Waals surface area contributed by atoms with E-state index < -0.39 is 0 Å². The number of para-hydroxylation sites is 1. The molecule has 0 radical (unpaired) electrons. The van der Waals surface area contributed by atoms with Crippen molar-refractivity contribution in [2.24, 2.45) is 0 Å². The predicted octanol–water partition coefficient (Wildman–Crippen LogP) is 7.08. The molecule has 0 bridgehead atoms. The van der Waals surface area contributed by atoms with E-state index >= 15 is 0 Å². The smallest absolute Gasteiger partial charge is 0.246 e. The van der Waals surface area contributed by atoms with E-state index in [0.717, 1.165) is 16.9 Å². The summed E-state index contributed by atoms with van der Waals surface area (Å²) in [6, 6.07) is 13.2. The lowest BCUT2D eigenvalue weighted by Gasteiger charge is -2.15. The Morgan fingerprint density at radius 1 is 0.962 bits per heavy atom. The lowest BCUT2D eigenvalue weighted by atomic mass is 10.1. The van der Waals surface area contributed by atoms with Crippen LogP contribution in [-0.2, 0) is 0 Å². The number of hydrogen-bond acceptors (Lipinski definition) is 3. The van der Waals surface area contributed by atoms with Crippen LogP contribution in [0, 0.1) is 6.92 Å². The Balaban J connectivity index is 1.81. The van der Waals surface area contributed by atoms with Crippen molar-refractivity contribution in [1.29, 1.82) is 0 Å². The molecule has 132 valence electrons. The third kappa shape index (κ3) is 3.52. The van der Waals surface area contributed by atoms with Crippen molar-refractivity contribution in [1.82, 2.24) is 10.2 Å². The van der Waals surface area contributed by atoms with E-state index in [9.17, 15) is 0 Å². The van der Waals surface area contributed by atoms with Gasteiger partial charge in [0.05, 0.1) is 10.6 Å². The number of benzene rings is 2. The molecular formula is C20H15Cl3N2O. The molecule has 1 aliphatic rings. The zero-order valence-corrected chi connectivity index (χ0v) is 16.2. The molecule has 0 amide bonds. The van der Waals surface area contributed by atoms with E-state index in [1.165, 1.54) is 18.4 Å². The van der Waals surface area contributed by atoms with Crippen LogP contribution in [0.4, 0.5) is 0 Å². The van der Waals surface area contributed by atoms with Crippen LogP contribution in [0.5, 0.6) is 11.6 Å². The maximum absolute atomic E-state index is 6.38. The number of nitrogens with zero attached hydrogens (tertiary/aromatic N) is 2. The predicted molar refractivity (Wildman–Crippen MR) is 106 cm³/mol. The third-order valence-corrected chi connectivity index (χ3v) is 5.14. The molecular weight excluding hydrogens is 391 g/mol. The van der Waals surface area contributed by atoms with Crippen LogP contribution in [-0.4, -0.2) is 10.2 Å². The van der Waals surface area contributed by atoms with Gasteiger partial charge in [-0.1, -0.05) is 59.1 Å². The van der Waals surface area contributed by atoms with Gasteiger partial charge in [-0.25, -0.2) is 0 Å². The molecule has 0 spiro atoms. The summed E-state index contributed by atoms with van der Waals surface area (Å²) in [6.07, 6.45) is 2.37. The van der Waals surface area contributed by atoms with Gasteiger partial charge in [0.15, 0.2) is 5.15 Å². The number of aromatic nitrogens is 2. The van der Waals surface area contributed by atoms with Gasteiger partial charge in [-0.3, -0.25) is 0 Å². The maximum Gasteiger partial charge on any atom is 0.246 e. The van der Waals surface area contributed by atoms with Crippen molar-refractivity contribution in [2.45, 2.75) is 25.7 Å². The molecule has 1 saturated carbocycles. The maximum atomic E-state index is 6.38. The van der Waals surface area contributed by atoms with E-state index in [2.05, 4.69) is 22.3 Å². The average molecular weight is 406 g/mol. The van der Waals surface area contributed by atoms with Crippen molar-refractivity contribution < 1.29 is 4.74 Å². The molecule has 1 fully saturated rings. The third-order valence-electron chi connectivity index (χ3n) is 4.41. The van der Waals surface area contributed by atoms with Gasteiger partial charge in [0.25, 0.3) is 0 Å². The molecule has 1 heterocycles. The SMILES string of the molecule is Cc1cccc(C2CC2)c1Oc1nnc(Cl)cc1-c1ccc(Cl)cc1Cl. The fraction of sp³-hybridized carbons (Fsp3) is 0.200. The molecule has 0 unspecified atom stereocenters. The number of halogens is 3. The summed E-state index contributed by atoms with van der Waals surface area (Å²) >= 11 is 18.5. The fourth-order valence-corrected chi connectivity index (χ4v) is 3.62. The molecule has 2 aromatic carbocycles. The highest BCUT2D eigenvalue weighted by atomic mass is 35.5. The molecule has 3 aromatic rings. The minimum atomic E-state index is 0.269. The minimum Gasteiger partial charge on any atom is -0.436 e. The zero-order valence-electron chi connectivity index (χ0n) is 14.0. The van der Waals surface area contributed by atoms with Crippen LogP contribution < -0.4 is 4.74 Å². The topological polar surface area (TPSA) is 35.0 Å². The highest BCUT2D eigenvalue weighted by molar-refractivity contribution is 6.36. The summed E-state index contributed by atoms with van der Waals surface area (Å²) < 4.78 is 6.24. The second kappa shape index (κ2) is 7.07. The lowest BCUT2D eigenvalue weighted by molar-refractivity contribution is 0.448. The van der Waals surface area contributed by atoms with Crippen molar-refractivity contribution in [3.05, 3.63) is 68.8 Å². The Morgan fingerprint density at radius 3 is 2.50 bits per heavy atom. The Kier molecular flexibility index (Phi) is 4.78. The first-order valence-electron chi connectivity index (χ1n) is 8.29. The molecule has 1 aliphatic carbocycles. The molecule has 0 N–H and O–H groups in total. The fourth-order valence-electron chi connectivity index (χ4n) is 2.96. The summed E-state index contributed by atoms with van der Waals surface area (Å²) in [5.41, 5.74) is 3.68. The largest absolute Gasteiger partial charge is 0.436 e. The summed E-state index contributed by atoms with van der Waals surface area (Å²) in [7, 11) is 0. The number of ether oxygens (including phenoxy) is 1. The Hall–Kier alpha value is -1.81. The van der Waals surface area contributed by atoms with Crippen LogP contribution >= 0.6 is 34.8 Å². The van der Waals surface area contributed by atoms with Gasteiger partial charge in [-0.2, -0.15) is 0 Å². The lowest BCUT2D eigenvalue weighted by Crippen LogP contribution is -1.99. The van der Waals surface area contributed by atoms with Gasteiger partial charge in [0.1, 0.15) is 5.75 Å². The van der Waals surface area contributed by atoms with E-state index in [-0.39, 0.29) is 5.15 Å². The highest BCUT2D eigenvalue weighted by Crippen LogP contribution is 2.47. The van der Waals surface area contributed by atoms with Gasteiger partial charge in [-0.05, 0) is 55.0 Å². The Bertz CT molecular complexity index is 987. The standard InChI is InChI=1S/C20H15Cl3N2O/c1-11-3-2-4-14(12-5-6-12)19(11)26-20-16(10-18(23)24-25-20)15-8-7-13(21)9-17(15)22/h2-4,7-10,12H,5-6H2,1H3. The van der Waals surface area contributed by atoms with Gasteiger partial charge in [0.2, 0.25) is 5.88 Å². The molecule has 0 atom stereocenters. The first-order valence-corrected chi connectivity index (χ1v) is 9.42. The zero-order chi connectivity index (χ0) is 18.3. The van der Waals surface area contributed by atoms with Crippen LogP contribution in [0.3, 0.4) is 0 Å². The molecule has 4 rings (SSSR count). The Morgan fingerprint density at radius 2 is 1.77 bits per heavy atom. The summed E-state index contributed by atoms with van der Waals surface area (Å²) in [6.45, 7) is 2.03. The Labute approximate surface area is 166 Å². The van der Waals surface area contributed by atoms with Gasteiger partial charge >= 0.3 is 0 Å². The first kappa shape index (κ1) is 17.6. The quantitative estimate of drug-likeness (QED) is 0.465. The van der Waals surface area contributed by atoms with E-state index in [0.29, 0.717) is 27.4 Å². The number of hydrogen-bond donors (Lipinski definition) is 0. The number of rotatable bonds is 4. The number of aryl methyl sites for hydroxylation is 1. The monoisotopic (exact) mass is 404 g/mol. The summed E-state index contributed by atoms with van der Waals surface area (Å²) in [4.78, 5) is 0. The van der Waals surface area contributed by atoms with Crippen LogP contribution in [0.15, 0.2) is 42.5 Å². The molecule has 1 aromatic heterocycles. The second-order valence-corrected chi connectivity index (χ2v) is 7.61. The van der Waals surface area contributed by atoms with Crippen molar-refractivity contribution >= 4 is 34.8 Å². The van der Waals surface area contributed by atoms with Crippen LogP contribution in [0.2, 0.25) is 15.2 Å². The van der Waals surface area contributed by atoms with Crippen molar-refractivity contribution in [3.63, 3.8) is 0 Å². The molecule has 0 saturated heterocycles. The van der Waals surface area contributed by atoms with Gasteiger partial charge in [0, 0.05) is 10.6 Å². The van der Waals surface area contributed by atoms with Crippen molar-refractivity contribution in [2.75, 3.05) is 0 Å². The summed E-state index contributed by atoms with van der Waals surface area (Å²) in [5, 5.41) is 9.46. The van der Waals surface area contributed by atoms with Crippen LogP contribution in [0.1, 0.15) is 29.9 Å². The van der Waals surface area contributed by atoms with E-state index in [1.54, 1.807) is 18.2 Å². The normalized spacial score (nSPS) is 13.7. The minimum absolute atomic E-state index is 0.269. The molecule has 3 nitrogen and oxygen atoms in total. The van der Waals surface area contributed by atoms with Crippen LogP contribution in [0.25, 0.3) is 11.1 Å².